The zero-order valence-corrected chi connectivity index (χ0v) is 15.8. The molecule has 20 heavy (non-hydrogen) atoms. The molecule has 1 aromatic rings. The van der Waals surface area contributed by atoms with Gasteiger partial charge in [0.25, 0.3) is 0 Å². The van der Waals surface area contributed by atoms with Crippen molar-refractivity contribution >= 4 is 21.1 Å². The van der Waals surface area contributed by atoms with Crippen molar-refractivity contribution in [1.29, 1.82) is 0 Å². The Morgan fingerprint density at radius 1 is 1.05 bits per heavy atom. The third kappa shape index (κ3) is 10.7. The first-order chi connectivity index (χ1) is 9.65. The van der Waals surface area contributed by atoms with Gasteiger partial charge in [0.1, 0.15) is 0 Å². The first-order valence-corrected chi connectivity index (χ1v) is 11.4. The van der Waals surface area contributed by atoms with Crippen molar-refractivity contribution < 1.29 is 15.3 Å². The van der Waals surface area contributed by atoms with E-state index in [0.29, 0.717) is 5.56 Å². The minimum absolute atomic E-state index is 0.149. The second kappa shape index (κ2) is 13.9. The van der Waals surface area contributed by atoms with E-state index in [1.165, 1.54) is 25.7 Å². The maximum atomic E-state index is 8.95. The van der Waals surface area contributed by atoms with Crippen molar-refractivity contribution in [2.75, 3.05) is 0 Å². The summed E-state index contributed by atoms with van der Waals surface area (Å²) in [5.74, 6) is 0. The zero-order chi connectivity index (χ0) is 15.2. The first-order valence-electron chi connectivity index (χ1n) is 7.41. The van der Waals surface area contributed by atoms with Gasteiger partial charge in [0.05, 0.1) is 0 Å². The fourth-order valence-corrected chi connectivity index (χ4v) is 5.68. The summed E-state index contributed by atoms with van der Waals surface area (Å²) in [5, 5.41) is 17.1. The summed E-state index contributed by atoms with van der Waals surface area (Å²) >= 11 is 0.149. The number of hydrogen-bond acceptors (Lipinski definition) is 3. The molecule has 0 fully saturated rings. The van der Waals surface area contributed by atoms with Gasteiger partial charge in [0.2, 0.25) is 6.29 Å². The molecule has 0 spiro atoms. The molecule has 0 heterocycles. The van der Waals surface area contributed by atoms with Crippen LogP contribution in [0.5, 0.6) is 0 Å². The summed E-state index contributed by atoms with van der Waals surface area (Å²) < 4.78 is 3.25. The number of rotatable bonds is 8. The van der Waals surface area contributed by atoms with Crippen molar-refractivity contribution in [2.24, 2.45) is 0 Å². The molecule has 0 aromatic heterocycles. The van der Waals surface area contributed by atoms with Crippen molar-refractivity contribution in [3.8, 4) is 0 Å². The second-order valence-corrected chi connectivity index (χ2v) is 9.11. The molecule has 1 aromatic carbocycles. The van der Waals surface area contributed by atoms with Crippen LogP contribution in [-0.4, -0.2) is 31.5 Å². The van der Waals surface area contributed by atoms with Crippen LogP contribution in [0.25, 0.3) is 0 Å². The Morgan fingerprint density at radius 3 is 1.95 bits per heavy atom. The maximum Gasteiger partial charge on any atom is 0.214 e. The fraction of sp³-hybridized carbons (Fsp3) is 0.625. The van der Waals surface area contributed by atoms with Crippen LogP contribution in [0.4, 0.5) is 0 Å². The van der Waals surface area contributed by atoms with E-state index in [4.69, 9.17) is 10.4 Å². The topological polar surface area (TPSA) is 49.7 Å². The van der Waals surface area contributed by atoms with E-state index < -0.39 is 6.29 Å². The number of aliphatic hydroxyl groups excluding tert-OH is 1. The number of aryl methyl sites for hydroxylation is 1. The van der Waals surface area contributed by atoms with Crippen molar-refractivity contribution in [2.45, 2.75) is 61.6 Å². The summed E-state index contributed by atoms with van der Waals surface area (Å²) in [5.41, 5.74) is 1.64. The van der Waals surface area contributed by atoms with Crippen molar-refractivity contribution in [3.05, 3.63) is 35.4 Å². The molecule has 1 unspecified atom stereocenters. The molecular formula is C16H28O3Sn. The molecule has 3 nitrogen and oxygen atoms in total. The quantitative estimate of drug-likeness (QED) is 0.225. The monoisotopic (exact) mass is 388 g/mol. The van der Waals surface area contributed by atoms with Gasteiger partial charge >= 0.3 is 69.5 Å². The van der Waals surface area contributed by atoms with E-state index in [9.17, 15) is 0 Å². The number of benzene rings is 1. The van der Waals surface area contributed by atoms with Gasteiger partial charge in [-0.3, -0.25) is 0 Å². The largest absolute Gasteiger partial charge is 0.362 e. The van der Waals surface area contributed by atoms with Crippen LogP contribution in [0.1, 0.15) is 56.9 Å². The Labute approximate surface area is 133 Å². The first kappa shape index (κ1) is 19.9. The SMILES string of the molecule is CCC[CH2][Sn][CH2]CCC.Cc1ccc(C(O)OO)cc1. The zero-order valence-electron chi connectivity index (χ0n) is 12.9. The fourth-order valence-electron chi connectivity index (χ4n) is 1.52. The van der Waals surface area contributed by atoms with Gasteiger partial charge in [-0.2, -0.15) is 0 Å². The van der Waals surface area contributed by atoms with E-state index in [2.05, 4.69) is 18.7 Å². The standard InChI is InChI=1S/C8H10O3.2C4H9.Sn/c1-6-2-4-7(5-3-6)8(9)11-10;2*1-3-4-2;/h2-5,8-10H,1H3;2*1,3-4H2,2H3;. The Morgan fingerprint density at radius 2 is 1.55 bits per heavy atom. The molecule has 0 saturated carbocycles. The Kier molecular flexibility index (Phi) is 13.8. The van der Waals surface area contributed by atoms with E-state index in [-0.39, 0.29) is 21.1 Å². The normalized spacial score (nSPS) is 11.7. The van der Waals surface area contributed by atoms with Crippen LogP contribution in [0.3, 0.4) is 0 Å². The molecule has 4 heteroatoms. The summed E-state index contributed by atoms with van der Waals surface area (Å²) in [4.78, 5) is 3.73. The molecule has 114 valence electrons. The Bertz CT molecular complexity index is 308. The molecule has 0 aliphatic heterocycles. The van der Waals surface area contributed by atoms with Crippen LogP contribution in [-0.2, 0) is 4.89 Å². The molecule has 2 N–H and O–H groups in total. The van der Waals surface area contributed by atoms with E-state index in [0.717, 1.165) is 5.56 Å². The summed E-state index contributed by atoms with van der Waals surface area (Å²) in [6.45, 7) is 6.52. The predicted molar refractivity (Wildman–Crippen MR) is 85.0 cm³/mol. The molecule has 0 amide bonds. The molecule has 1 rings (SSSR count). The smallest absolute Gasteiger partial charge is 0.214 e. The number of unbranched alkanes of at least 4 members (excludes halogenated alkanes) is 2. The Balaban J connectivity index is 0.000000370. The van der Waals surface area contributed by atoms with Gasteiger partial charge < -0.3 is 5.11 Å². The summed E-state index contributed by atoms with van der Waals surface area (Å²) in [6, 6.07) is 7.04. The van der Waals surface area contributed by atoms with Crippen LogP contribution in [0.2, 0.25) is 8.87 Å². The van der Waals surface area contributed by atoms with E-state index >= 15 is 0 Å². The van der Waals surface area contributed by atoms with Crippen LogP contribution >= 0.6 is 0 Å². The van der Waals surface area contributed by atoms with Gasteiger partial charge in [-0.25, -0.2) is 10.1 Å². The summed E-state index contributed by atoms with van der Waals surface area (Å²) in [6.07, 6.45) is 4.60. The average molecular weight is 387 g/mol. The van der Waals surface area contributed by atoms with Crippen molar-refractivity contribution in [3.63, 3.8) is 0 Å². The molecule has 0 aliphatic rings. The number of aliphatic hydroxyl groups is 1. The molecule has 0 bridgehead atoms. The number of hydrogen-bond donors (Lipinski definition) is 2. The molecule has 2 radical (unpaired) electrons. The third-order valence-electron chi connectivity index (χ3n) is 2.88. The minimum atomic E-state index is -1.24. The molecule has 0 aliphatic carbocycles. The van der Waals surface area contributed by atoms with E-state index in [1.807, 2.05) is 19.1 Å². The van der Waals surface area contributed by atoms with Gasteiger partial charge in [-0.15, -0.1) is 0 Å². The van der Waals surface area contributed by atoms with Crippen LogP contribution < -0.4 is 0 Å². The maximum absolute atomic E-state index is 8.95. The van der Waals surface area contributed by atoms with Crippen molar-refractivity contribution in [1.82, 2.24) is 0 Å². The van der Waals surface area contributed by atoms with Gasteiger partial charge in [-0.1, -0.05) is 29.8 Å². The molecular weight excluding hydrogens is 359 g/mol. The Hall–Kier alpha value is -0.101. The van der Waals surface area contributed by atoms with Gasteiger partial charge in [-0.05, 0) is 6.92 Å². The third-order valence-corrected chi connectivity index (χ3v) is 6.91. The van der Waals surface area contributed by atoms with E-state index in [1.54, 1.807) is 21.0 Å². The molecule has 0 saturated heterocycles. The average Bonchev–Trinajstić information content (AvgIpc) is 2.48. The van der Waals surface area contributed by atoms with Gasteiger partial charge in [0, 0.05) is 5.56 Å². The second-order valence-electron chi connectivity index (χ2n) is 4.83. The molecule has 1 atom stereocenters. The van der Waals surface area contributed by atoms with Gasteiger partial charge in [0.15, 0.2) is 0 Å². The summed E-state index contributed by atoms with van der Waals surface area (Å²) in [7, 11) is 0. The minimum Gasteiger partial charge on any atom is -0.362 e. The predicted octanol–water partition coefficient (Wildman–Crippen LogP) is 4.60. The van der Waals surface area contributed by atoms with Crippen LogP contribution in [0.15, 0.2) is 24.3 Å². The van der Waals surface area contributed by atoms with Crippen LogP contribution in [0, 0.1) is 6.92 Å².